The van der Waals surface area contributed by atoms with Crippen molar-refractivity contribution in [2.75, 3.05) is 20.3 Å². The predicted molar refractivity (Wildman–Crippen MR) is 80.8 cm³/mol. The highest BCUT2D eigenvalue weighted by Crippen LogP contribution is 2.09. The van der Waals surface area contributed by atoms with Crippen LogP contribution in [-0.2, 0) is 17.9 Å². The zero-order chi connectivity index (χ0) is 14.0. The molecule has 1 N–H and O–H groups in total. The molecule has 3 heteroatoms. The lowest BCUT2D eigenvalue weighted by molar-refractivity contribution is 0.0889. The number of hydrogen-bond acceptors (Lipinski definition) is 3. The molecule has 2 aromatic rings. The van der Waals surface area contributed by atoms with Gasteiger partial charge in [0, 0.05) is 6.54 Å². The first-order valence-corrected chi connectivity index (χ1v) is 6.86. The van der Waals surface area contributed by atoms with Crippen LogP contribution in [0.4, 0.5) is 0 Å². The topological polar surface area (TPSA) is 30.5 Å². The molecule has 2 aromatic carbocycles. The van der Waals surface area contributed by atoms with Crippen LogP contribution in [0.2, 0.25) is 0 Å². The summed E-state index contributed by atoms with van der Waals surface area (Å²) in [4.78, 5) is 0. The van der Waals surface area contributed by atoms with Crippen molar-refractivity contribution in [1.29, 1.82) is 0 Å². The van der Waals surface area contributed by atoms with Gasteiger partial charge in [-0.1, -0.05) is 42.5 Å². The fraction of sp³-hybridized carbons (Fsp3) is 0.294. The fourth-order valence-electron chi connectivity index (χ4n) is 1.96. The average molecular weight is 271 g/mol. The Kier molecular flexibility index (Phi) is 6.08. The molecule has 0 fully saturated rings. The largest absolute Gasteiger partial charge is 0.491 e. The second-order valence-corrected chi connectivity index (χ2v) is 4.56. The van der Waals surface area contributed by atoms with Crippen LogP contribution in [0.1, 0.15) is 11.1 Å². The fourth-order valence-corrected chi connectivity index (χ4v) is 1.96. The molecule has 0 spiro atoms. The van der Waals surface area contributed by atoms with E-state index in [1.54, 1.807) is 0 Å². The van der Waals surface area contributed by atoms with E-state index in [2.05, 4.69) is 29.6 Å². The predicted octanol–water partition coefficient (Wildman–Crippen LogP) is 3.00. The first-order valence-electron chi connectivity index (χ1n) is 6.86. The molecule has 3 nitrogen and oxygen atoms in total. The summed E-state index contributed by atoms with van der Waals surface area (Å²) < 4.78 is 11.2. The minimum absolute atomic E-state index is 0.570. The summed E-state index contributed by atoms with van der Waals surface area (Å²) in [5, 5.41) is 3.14. The molecule has 0 aliphatic carbocycles. The highest BCUT2D eigenvalue weighted by atomic mass is 16.5. The number of para-hydroxylation sites is 1. The van der Waals surface area contributed by atoms with E-state index in [1.165, 1.54) is 11.1 Å². The van der Waals surface area contributed by atoms with Gasteiger partial charge < -0.3 is 14.8 Å². The maximum Gasteiger partial charge on any atom is 0.119 e. The lowest BCUT2D eigenvalue weighted by atomic mass is 10.1. The molecule has 0 saturated carbocycles. The average Bonchev–Trinajstić information content (AvgIpc) is 2.49. The molecule has 20 heavy (non-hydrogen) atoms. The van der Waals surface area contributed by atoms with Crippen LogP contribution in [0.5, 0.6) is 5.75 Å². The van der Waals surface area contributed by atoms with Crippen LogP contribution in [0.25, 0.3) is 0 Å². The maximum absolute atomic E-state index is 5.63. The third kappa shape index (κ3) is 5.03. The molecule has 0 unspecified atom stereocenters. The molecule has 2 rings (SSSR count). The van der Waals surface area contributed by atoms with E-state index in [4.69, 9.17) is 9.47 Å². The van der Waals surface area contributed by atoms with Crippen molar-refractivity contribution in [2.45, 2.75) is 13.2 Å². The Bertz CT molecular complexity index is 499. The van der Waals surface area contributed by atoms with Gasteiger partial charge in [0.2, 0.25) is 0 Å². The summed E-state index contributed by atoms with van der Waals surface area (Å²) >= 11 is 0. The van der Waals surface area contributed by atoms with Crippen molar-refractivity contribution in [3.8, 4) is 5.75 Å². The van der Waals surface area contributed by atoms with E-state index in [1.807, 2.05) is 37.4 Å². The third-order valence-electron chi connectivity index (χ3n) is 2.88. The van der Waals surface area contributed by atoms with Gasteiger partial charge >= 0.3 is 0 Å². The Morgan fingerprint density at radius 3 is 2.50 bits per heavy atom. The van der Waals surface area contributed by atoms with Crippen molar-refractivity contribution < 1.29 is 9.47 Å². The number of hydrogen-bond donors (Lipinski definition) is 1. The normalized spacial score (nSPS) is 10.4. The van der Waals surface area contributed by atoms with Gasteiger partial charge in [0.1, 0.15) is 12.4 Å². The van der Waals surface area contributed by atoms with Crippen LogP contribution in [0.3, 0.4) is 0 Å². The minimum atomic E-state index is 0.570. The first-order chi connectivity index (χ1) is 9.88. The van der Waals surface area contributed by atoms with Gasteiger partial charge in [-0.3, -0.25) is 0 Å². The molecule has 0 bridgehead atoms. The molecular weight excluding hydrogens is 250 g/mol. The van der Waals surface area contributed by atoms with Gasteiger partial charge in [0.25, 0.3) is 0 Å². The van der Waals surface area contributed by atoms with Gasteiger partial charge in [0.15, 0.2) is 0 Å². The molecule has 0 amide bonds. The second kappa shape index (κ2) is 8.35. The monoisotopic (exact) mass is 271 g/mol. The van der Waals surface area contributed by atoms with Gasteiger partial charge in [-0.05, 0) is 30.3 Å². The molecule has 0 saturated heterocycles. The number of rotatable bonds is 8. The third-order valence-corrected chi connectivity index (χ3v) is 2.88. The SMILES string of the molecule is CNCc1cccc(COCCOc2ccccc2)c1. The summed E-state index contributed by atoms with van der Waals surface area (Å²) in [5.74, 6) is 0.882. The molecular formula is C17H21NO2. The van der Waals surface area contributed by atoms with Gasteiger partial charge in [-0.25, -0.2) is 0 Å². The van der Waals surface area contributed by atoms with Crippen molar-refractivity contribution in [1.82, 2.24) is 5.32 Å². The highest BCUT2D eigenvalue weighted by molar-refractivity contribution is 5.23. The minimum Gasteiger partial charge on any atom is -0.491 e. The Hall–Kier alpha value is -1.84. The van der Waals surface area contributed by atoms with E-state index < -0.39 is 0 Å². The van der Waals surface area contributed by atoms with Crippen LogP contribution >= 0.6 is 0 Å². The molecule has 0 aliphatic heterocycles. The Labute approximate surface area is 120 Å². The Balaban J connectivity index is 1.67. The lowest BCUT2D eigenvalue weighted by Gasteiger charge is -2.08. The van der Waals surface area contributed by atoms with E-state index in [0.717, 1.165) is 12.3 Å². The van der Waals surface area contributed by atoms with E-state index in [9.17, 15) is 0 Å². The number of nitrogens with one attached hydrogen (secondary N) is 1. The van der Waals surface area contributed by atoms with Gasteiger partial charge in [-0.15, -0.1) is 0 Å². The zero-order valence-electron chi connectivity index (χ0n) is 11.8. The van der Waals surface area contributed by atoms with Crippen molar-refractivity contribution in [2.24, 2.45) is 0 Å². The van der Waals surface area contributed by atoms with E-state index in [0.29, 0.717) is 19.8 Å². The van der Waals surface area contributed by atoms with Gasteiger partial charge in [0.05, 0.1) is 13.2 Å². The van der Waals surface area contributed by atoms with E-state index >= 15 is 0 Å². The summed E-state index contributed by atoms with van der Waals surface area (Å²) in [6.45, 7) is 2.66. The van der Waals surface area contributed by atoms with Crippen LogP contribution in [-0.4, -0.2) is 20.3 Å². The molecule has 0 aliphatic rings. The zero-order valence-corrected chi connectivity index (χ0v) is 11.8. The molecule has 0 radical (unpaired) electrons. The van der Waals surface area contributed by atoms with Crippen LogP contribution < -0.4 is 10.1 Å². The summed E-state index contributed by atoms with van der Waals surface area (Å²) in [6, 6.07) is 18.2. The Morgan fingerprint density at radius 2 is 1.70 bits per heavy atom. The summed E-state index contributed by atoms with van der Waals surface area (Å²) in [6.07, 6.45) is 0. The highest BCUT2D eigenvalue weighted by Gasteiger charge is 1.97. The standard InChI is InChI=1S/C17H21NO2/c1-18-13-15-6-5-7-16(12-15)14-19-10-11-20-17-8-3-2-4-9-17/h2-9,12,18H,10-11,13-14H2,1H3. The quantitative estimate of drug-likeness (QED) is 0.749. The molecule has 0 heterocycles. The van der Waals surface area contributed by atoms with Crippen LogP contribution in [0, 0.1) is 0 Å². The molecule has 106 valence electrons. The van der Waals surface area contributed by atoms with Crippen molar-refractivity contribution in [3.63, 3.8) is 0 Å². The number of ether oxygens (including phenoxy) is 2. The van der Waals surface area contributed by atoms with Crippen LogP contribution in [0.15, 0.2) is 54.6 Å². The molecule has 0 atom stereocenters. The summed E-state index contributed by atoms with van der Waals surface area (Å²) in [5.41, 5.74) is 2.46. The number of benzene rings is 2. The Morgan fingerprint density at radius 1 is 0.900 bits per heavy atom. The molecule has 0 aromatic heterocycles. The van der Waals surface area contributed by atoms with E-state index in [-0.39, 0.29) is 0 Å². The summed E-state index contributed by atoms with van der Waals surface area (Å²) in [7, 11) is 1.95. The first kappa shape index (κ1) is 14.6. The smallest absolute Gasteiger partial charge is 0.119 e. The lowest BCUT2D eigenvalue weighted by Crippen LogP contribution is -2.07. The van der Waals surface area contributed by atoms with Gasteiger partial charge in [-0.2, -0.15) is 0 Å². The van der Waals surface area contributed by atoms with Crippen molar-refractivity contribution in [3.05, 3.63) is 65.7 Å². The maximum atomic E-state index is 5.63. The van der Waals surface area contributed by atoms with Crippen molar-refractivity contribution >= 4 is 0 Å². The second-order valence-electron chi connectivity index (χ2n) is 4.56.